The molecule has 0 saturated carbocycles. The highest BCUT2D eigenvalue weighted by Gasteiger charge is 2.30. The zero-order valence-corrected chi connectivity index (χ0v) is 12.9. The van der Waals surface area contributed by atoms with Crippen LogP contribution in [0, 0.1) is 0 Å². The van der Waals surface area contributed by atoms with Crippen LogP contribution in [0.15, 0.2) is 22.8 Å². The van der Waals surface area contributed by atoms with Crippen molar-refractivity contribution in [3.8, 4) is 0 Å². The highest BCUT2D eigenvalue weighted by Crippen LogP contribution is 2.17. The number of nitrogens with zero attached hydrogens (tertiary/aromatic N) is 3. The number of halogens is 1. The fraction of sp³-hybridized carbons (Fsp3) is 0.538. The number of carbonyl (C=O) groups excluding carboxylic acids is 1. The summed E-state index contributed by atoms with van der Waals surface area (Å²) in [5.74, 6) is 0.957. The lowest BCUT2D eigenvalue weighted by molar-refractivity contribution is -0.136. The molecule has 0 aromatic carbocycles. The Morgan fingerprint density at radius 1 is 1.32 bits per heavy atom. The summed E-state index contributed by atoms with van der Waals surface area (Å²) < 4.78 is 0.968. The fourth-order valence-electron chi connectivity index (χ4n) is 2.10. The number of amides is 1. The quantitative estimate of drug-likeness (QED) is 0.887. The molecule has 0 radical (unpaired) electrons. The molecule has 1 aromatic rings. The van der Waals surface area contributed by atoms with Crippen LogP contribution in [0.1, 0.15) is 13.8 Å². The van der Waals surface area contributed by atoms with Crippen LogP contribution in [0.2, 0.25) is 0 Å². The lowest BCUT2D eigenvalue weighted by Crippen LogP contribution is -2.57. The zero-order valence-electron chi connectivity index (χ0n) is 11.3. The van der Waals surface area contributed by atoms with Gasteiger partial charge in [0, 0.05) is 36.8 Å². The van der Waals surface area contributed by atoms with Gasteiger partial charge in [-0.05, 0) is 41.9 Å². The summed E-state index contributed by atoms with van der Waals surface area (Å²) in [6.45, 7) is 6.46. The minimum Gasteiger partial charge on any atom is -0.353 e. The molecular weight excluding hydrogens is 308 g/mol. The minimum absolute atomic E-state index is 0.0101. The van der Waals surface area contributed by atoms with Gasteiger partial charge in [-0.15, -0.1) is 0 Å². The largest absolute Gasteiger partial charge is 0.353 e. The van der Waals surface area contributed by atoms with Crippen LogP contribution < -0.4 is 10.6 Å². The first-order valence-corrected chi connectivity index (χ1v) is 7.12. The average molecular weight is 327 g/mol. The monoisotopic (exact) mass is 326 g/mol. The minimum atomic E-state index is -0.794. The Kier molecular flexibility index (Phi) is 4.10. The van der Waals surface area contributed by atoms with Crippen LogP contribution in [0.25, 0.3) is 0 Å². The molecule has 5 nitrogen and oxygen atoms in total. The Balaban J connectivity index is 1.96. The van der Waals surface area contributed by atoms with Gasteiger partial charge in [-0.1, -0.05) is 0 Å². The van der Waals surface area contributed by atoms with E-state index >= 15 is 0 Å². The van der Waals surface area contributed by atoms with E-state index < -0.39 is 5.54 Å². The van der Waals surface area contributed by atoms with E-state index in [0.717, 1.165) is 23.4 Å². The van der Waals surface area contributed by atoms with Crippen LogP contribution in [0.4, 0.5) is 5.82 Å². The molecule has 1 saturated heterocycles. The molecule has 104 valence electrons. The molecule has 1 aromatic heterocycles. The van der Waals surface area contributed by atoms with Crippen molar-refractivity contribution in [3.63, 3.8) is 0 Å². The van der Waals surface area contributed by atoms with Crippen LogP contribution in [-0.2, 0) is 4.79 Å². The Labute approximate surface area is 121 Å². The van der Waals surface area contributed by atoms with Crippen molar-refractivity contribution in [3.05, 3.63) is 22.8 Å². The third kappa shape index (κ3) is 3.45. The second-order valence-electron chi connectivity index (χ2n) is 5.34. The molecule has 1 amide bonds. The third-order valence-corrected chi connectivity index (χ3v) is 3.62. The smallest absolute Gasteiger partial charge is 0.242 e. The predicted octanol–water partition coefficient (Wildman–Crippen LogP) is 1.23. The highest BCUT2D eigenvalue weighted by atomic mass is 79.9. The number of carbonyl (C=O) groups is 1. The number of aromatic nitrogens is 1. The molecule has 2 heterocycles. The Hall–Kier alpha value is -1.14. The summed E-state index contributed by atoms with van der Waals surface area (Å²) in [5.41, 5.74) is 5.06. The van der Waals surface area contributed by atoms with Gasteiger partial charge in [0.1, 0.15) is 5.82 Å². The van der Waals surface area contributed by atoms with Gasteiger partial charge in [0.25, 0.3) is 0 Å². The zero-order chi connectivity index (χ0) is 14.0. The Morgan fingerprint density at radius 3 is 2.42 bits per heavy atom. The van der Waals surface area contributed by atoms with E-state index in [2.05, 4.69) is 25.8 Å². The lowest BCUT2D eigenvalue weighted by Gasteiger charge is -2.38. The van der Waals surface area contributed by atoms with Crippen LogP contribution >= 0.6 is 15.9 Å². The van der Waals surface area contributed by atoms with Crippen LogP contribution in [0.3, 0.4) is 0 Å². The normalized spacial score (nSPS) is 16.6. The van der Waals surface area contributed by atoms with Gasteiger partial charge in [0.15, 0.2) is 0 Å². The third-order valence-electron chi connectivity index (χ3n) is 3.15. The van der Waals surface area contributed by atoms with E-state index in [1.165, 1.54) is 0 Å². The first-order valence-electron chi connectivity index (χ1n) is 6.33. The summed E-state index contributed by atoms with van der Waals surface area (Å²) in [6, 6.07) is 3.96. The van der Waals surface area contributed by atoms with Crippen molar-refractivity contribution in [1.29, 1.82) is 0 Å². The van der Waals surface area contributed by atoms with Crippen LogP contribution in [-0.4, -0.2) is 47.5 Å². The molecule has 2 N–H and O–H groups in total. The maximum absolute atomic E-state index is 12.1. The predicted molar refractivity (Wildman–Crippen MR) is 79.0 cm³/mol. The van der Waals surface area contributed by atoms with E-state index in [9.17, 15) is 4.79 Å². The van der Waals surface area contributed by atoms with E-state index in [1.54, 1.807) is 20.0 Å². The summed E-state index contributed by atoms with van der Waals surface area (Å²) in [6.07, 6.45) is 1.79. The van der Waals surface area contributed by atoms with Crippen molar-refractivity contribution < 1.29 is 4.79 Å². The average Bonchev–Trinajstić information content (AvgIpc) is 2.38. The second kappa shape index (κ2) is 5.46. The molecule has 0 aliphatic carbocycles. The van der Waals surface area contributed by atoms with Gasteiger partial charge in [-0.25, -0.2) is 4.98 Å². The first-order chi connectivity index (χ1) is 8.88. The number of hydrogen-bond acceptors (Lipinski definition) is 4. The molecule has 0 unspecified atom stereocenters. The number of pyridine rings is 1. The number of anilines is 1. The molecule has 6 heteroatoms. The van der Waals surface area contributed by atoms with Crippen molar-refractivity contribution in [1.82, 2.24) is 9.88 Å². The molecule has 0 atom stereocenters. The van der Waals surface area contributed by atoms with Gasteiger partial charge in [-0.3, -0.25) is 4.79 Å². The molecular formula is C13H19BrN4O. The standard InChI is InChI=1S/C13H19BrN4O/c1-13(2,15)12(19)18-7-5-17(6-8-18)11-4-3-10(14)9-16-11/h3-4,9H,5-8,15H2,1-2H3. The van der Waals surface area contributed by atoms with E-state index in [0.29, 0.717) is 13.1 Å². The summed E-state index contributed by atoms with van der Waals surface area (Å²) in [5, 5.41) is 0. The number of rotatable bonds is 2. The molecule has 0 spiro atoms. The lowest BCUT2D eigenvalue weighted by atomic mass is 10.0. The van der Waals surface area contributed by atoms with E-state index in [4.69, 9.17) is 5.73 Å². The number of piperazine rings is 1. The second-order valence-corrected chi connectivity index (χ2v) is 6.25. The number of hydrogen-bond donors (Lipinski definition) is 1. The van der Waals surface area contributed by atoms with Gasteiger partial charge < -0.3 is 15.5 Å². The van der Waals surface area contributed by atoms with E-state index in [1.807, 2.05) is 17.0 Å². The molecule has 2 rings (SSSR count). The Bertz CT molecular complexity index is 447. The molecule has 1 aliphatic rings. The summed E-state index contributed by atoms with van der Waals surface area (Å²) in [4.78, 5) is 20.4. The van der Waals surface area contributed by atoms with Crippen molar-refractivity contribution >= 4 is 27.7 Å². The molecule has 1 fully saturated rings. The van der Waals surface area contributed by atoms with Gasteiger partial charge in [0.2, 0.25) is 5.91 Å². The van der Waals surface area contributed by atoms with Gasteiger partial charge >= 0.3 is 0 Å². The molecule has 19 heavy (non-hydrogen) atoms. The molecule has 1 aliphatic heterocycles. The maximum atomic E-state index is 12.1. The van der Waals surface area contributed by atoms with Gasteiger partial charge in [-0.2, -0.15) is 0 Å². The Morgan fingerprint density at radius 2 is 1.95 bits per heavy atom. The topological polar surface area (TPSA) is 62.5 Å². The summed E-state index contributed by atoms with van der Waals surface area (Å²) >= 11 is 3.37. The van der Waals surface area contributed by atoms with Crippen molar-refractivity contribution in [2.24, 2.45) is 5.73 Å². The molecule has 0 bridgehead atoms. The van der Waals surface area contributed by atoms with Crippen molar-refractivity contribution in [2.75, 3.05) is 31.1 Å². The maximum Gasteiger partial charge on any atom is 0.242 e. The van der Waals surface area contributed by atoms with E-state index in [-0.39, 0.29) is 5.91 Å². The van der Waals surface area contributed by atoms with Crippen LogP contribution in [0.5, 0.6) is 0 Å². The summed E-state index contributed by atoms with van der Waals surface area (Å²) in [7, 11) is 0. The van der Waals surface area contributed by atoms with Crippen molar-refractivity contribution in [2.45, 2.75) is 19.4 Å². The highest BCUT2D eigenvalue weighted by molar-refractivity contribution is 9.10. The number of nitrogens with two attached hydrogens (primary N) is 1. The fourth-order valence-corrected chi connectivity index (χ4v) is 2.34. The SMILES string of the molecule is CC(C)(N)C(=O)N1CCN(c2ccc(Br)cn2)CC1. The van der Waals surface area contributed by atoms with Gasteiger partial charge in [0.05, 0.1) is 5.54 Å². The first kappa shape index (κ1) is 14.3.